The van der Waals surface area contributed by atoms with Crippen LogP contribution in [-0.2, 0) is 4.74 Å². The second-order valence-corrected chi connectivity index (χ2v) is 8.99. The first-order valence-electron chi connectivity index (χ1n) is 11.9. The van der Waals surface area contributed by atoms with Gasteiger partial charge in [-0.15, -0.1) is 0 Å². The number of methoxy groups -OCH3 is 3. The Hall–Kier alpha value is -3.56. The Morgan fingerprint density at radius 2 is 1.64 bits per heavy atom. The second-order valence-electron chi connectivity index (χ2n) is 8.99. The third kappa shape index (κ3) is 4.08. The molecule has 1 atom stereocenters. The third-order valence-corrected chi connectivity index (χ3v) is 6.88. The van der Waals surface area contributed by atoms with E-state index in [4.69, 9.17) is 23.4 Å². The van der Waals surface area contributed by atoms with Crippen LogP contribution < -0.4 is 19.6 Å². The van der Waals surface area contributed by atoms with Gasteiger partial charge in [-0.1, -0.05) is 11.6 Å². The van der Waals surface area contributed by atoms with E-state index in [2.05, 4.69) is 4.90 Å². The standard InChI is InChI=1S/C27H30N2O7/c1-16-5-6-19-18(13-16)24(30)22-23(17-14-20(32-2)25(34-4)21(15-17)33-3)29(27(31)26(22)36-19)8-7-28-9-11-35-12-10-28/h5-6,13-15,23H,7-12H2,1-4H3/t23-/m1/s1. The van der Waals surface area contributed by atoms with Gasteiger partial charge in [0.1, 0.15) is 5.58 Å². The molecule has 0 unspecified atom stereocenters. The van der Waals surface area contributed by atoms with Crippen LogP contribution in [0.4, 0.5) is 0 Å². The van der Waals surface area contributed by atoms with Crippen molar-refractivity contribution in [3.63, 3.8) is 0 Å². The molecule has 2 aromatic carbocycles. The fourth-order valence-corrected chi connectivity index (χ4v) is 5.04. The third-order valence-electron chi connectivity index (χ3n) is 6.88. The lowest BCUT2D eigenvalue weighted by Gasteiger charge is -2.31. The van der Waals surface area contributed by atoms with Crippen LogP contribution >= 0.6 is 0 Å². The van der Waals surface area contributed by atoms with Crippen LogP contribution in [0.25, 0.3) is 11.0 Å². The van der Waals surface area contributed by atoms with E-state index >= 15 is 0 Å². The number of amides is 1. The molecule has 3 aromatic rings. The van der Waals surface area contributed by atoms with E-state index in [9.17, 15) is 9.59 Å². The molecule has 0 spiro atoms. The molecular formula is C27H30N2O7. The van der Waals surface area contributed by atoms with Crippen molar-refractivity contribution in [2.24, 2.45) is 0 Å². The molecule has 0 aliphatic carbocycles. The number of carbonyl (C=O) groups is 1. The molecule has 2 aliphatic heterocycles. The van der Waals surface area contributed by atoms with Gasteiger partial charge in [-0.25, -0.2) is 0 Å². The quantitative estimate of drug-likeness (QED) is 0.495. The number of benzene rings is 2. The van der Waals surface area contributed by atoms with Crippen molar-refractivity contribution in [2.75, 3.05) is 60.7 Å². The average molecular weight is 495 g/mol. The molecule has 1 saturated heterocycles. The number of morpholine rings is 1. The monoisotopic (exact) mass is 494 g/mol. The van der Waals surface area contributed by atoms with Gasteiger partial charge in [-0.2, -0.15) is 0 Å². The molecule has 1 fully saturated rings. The lowest BCUT2D eigenvalue weighted by molar-refractivity contribution is 0.0314. The molecule has 0 bridgehead atoms. The average Bonchev–Trinajstić information content (AvgIpc) is 3.19. The lowest BCUT2D eigenvalue weighted by atomic mass is 9.97. The summed E-state index contributed by atoms with van der Waals surface area (Å²) in [4.78, 5) is 31.5. The van der Waals surface area contributed by atoms with Crippen LogP contribution in [0.1, 0.15) is 33.3 Å². The Morgan fingerprint density at radius 3 is 2.28 bits per heavy atom. The number of rotatable bonds is 7. The van der Waals surface area contributed by atoms with Crippen molar-refractivity contribution >= 4 is 16.9 Å². The molecule has 36 heavy (non-hydrogen) atoms. The SMILES string of the molecule is COc1cc([C@@H]2c3c(oc4ccc(C)cc4c3=O)C(=O)N2CCN2CCOCC2)cc(OC)c1OC. The molecule has 190 valence electrons. The van der Waals surface area contributed by atoms with E-state index in [0.29, 0.717) is 65.6 Å². The molecule has 9 heteroatoms. The summed E-state index contributed by atoms with van der Waals surface area (Å²) in [7, 11) is 4.61. The lowest BCUT2D eigenvalue weighted by Crippen LogP contribution is -2.42. The number of aryl methyl sites for hydroxylation is 1. The minimum absolute atomic E-state index is 0.0806. The topological polar surface area (TPSA) is 90.7 Å². The maximum absolute atomic E-state index is 13.8. The van der Waals surface area contributed by atoms with Crippen LogP contribution in [0.5, 0.6) is 17.2 Å². The van der Waals surface area contributed by atoms with Crippen LogP contribution in [0.2, 0.25) is 0 Å². The van der Waals surface area contributed by atoms with Crippen molar-refractivity contribution in [1.29, 1.82) is 0 Å². The predicted octanol–water partition coefficient (Wildman–Crippen LogP) is 3.00. The van der Waals surface area contributed by atoms with Crippen molar-refractivity contribution < 1.29 is 28.2 Å². The highest BCUT2D eigenvalue weighted by Gasteiger charge is 2.43. The van der Waals surface area contributed by atoms with Crippen molar-refractivity contribution in [3.8, 4) is 17.2 Å². The number of nitrogens with zero attached hydrogens (tertiary/aromatic N) is 2. The number of hydrogen-bond donors (Lipinski definition) is 0. The summed E-state index contributed by atoms with van der Waals surface area (Å²) in [6, 6.07) is 8.32. The molecular weight excluding hydrogens is 464 g/mol. The second kappa shape index (κ2) is 9.83. The number of carbonyl (C=O) groups excluding carboxylic acids is 1. The molecule has 0 saturated carbocycles. The van der Waals surface area contributed by atoms with Crippen molar-refractivity contribution in [2.45, 2.75) is 13.0 Å². The fraction of sp³-hybridized carbons (Fsp3) is 0.407. The summed E-state index contributed by atoms with van der Waals surface area (Å²) in [6.45, 7) is 5.90. The van der Waals surface area contributed by atoms with Gasteiger partial charge in [0.15, 0.2) is 16.9 Å². The van der Waals surface area contributed by atoms with Crippen LogP contribution in [0, 0.1) is 6.92 Å². The highest BCUT2D eigenvalue weighted by atomic mass is 16.5. The van der Waals surface area contributed by atoms with E-state index in [1.807, 2.05) is 13.0 Å². The largest absolute Gasteiger partial charge is 0.493 e. The van der Waals surface area contributed by atoms with E-state index in [1.54, 1.807) is 29.2 Å². The van der Waals surface area contributed by atoms with Crippen molar-refractivity contribution in [1.82, 2.24) is 9.80 Å². The fourth-order valence-electron chi connectivity index (χ4n) is 5.04. The number of fused-ring (bicyclic) bond motifs is 2. The maximum atomic E-state index is 13.8. The van der Waals surface area contributed by atoms with Gasteiger partial charge >= 0.3 is 0 Å². The van der Waals surface area contributed by atoms with Gasteiger partial charge in [-0.05, 0) is 36.8 Å². The van der Waals surface area contributed by atoms with Crippen LogP contribution in [0.3, 0.4) is 0 Å². The first-order chi connectivity index (χ1) is 17.5. The van der Waals surface area contributed by atoms with E-state index in [0.717, 1.165) is 18.7 Å². The first-order valence-corrected chi connectivity index (χ1v) is 11.9. The van der Waals surface area contributed by atoms with Crippen LogP contribution in [-0.4, -0.2) is 76.4 Å². The zero-order valence-electron chi connectivity index (χ0n) is 21.0. The summed E-state index contributed by atoms with van der Waals surface area (Å²) in [6.07, 6.45) is 0. The van der Waals surface area contributed by atoms with E-state index < -0.39 is 6.04 Å². The van der Waals surface area contributed by atoms with Gasteiger partial charge < -0.3 is 28.3 Å². The van der Waals surface area contributed by atoms with Crippen molar-refractivity contribution in [3.05, 3.63) is 63.0 Å². The summed E-state index contributed by atoms with van der Waals surface area (Å²) in [5.41, 5.74) is 2.13. The zero-order chi connectivity index (χ0) is 25.4. The number of hydrogen-bond acceptors (Lipinski definition) is 8. The molecule has 5 rings (SSSR count). The smallest absolute Gasteiger partial charge is 0.290 e. The normalized spacial score (nSPS) is 17.9. The highest BCUT2D eigenvalue weighted by Crippen LogP contribution is 2.45. The number of ether oxygens (including phenoxy) is 4. The van der Waals surface area contributed by atoms with Gasteiger partial charge in [0.2, 0.25) is 11.5 Å². The molecule has 1 amide bonds. The first kappa shape index (κ1) is 24.1. The van der Waals surface area contributed by atoms with Gasteiger partial charge in [0.05, 0.1) is 51.5 Å². The Labute approximate surface area is 209 Å². The highest BCUT2D eigenvalue weighted by molar-refractivity contribution is 5.99. The summed E-state index contributed by atoms with van der Waals surface area (Å²) in [5, 5.41) is 0.453. The van der Waals surface area contributed by atoms with E-state index in [1.165, 1.54) is 21.3 Å². The molecule has 3 heterocycles. The molecule has 2 aliphatic rings. The van der Waals surface area contributed by atoms with Gasteiger partial charge in [-0.3, -0.25) is 14.5 Å². The zero-order valence-corrected chi connectivity index (χ0v) is 21.0. The van der Waals surface area contributed by atoms with Gasteiger partial charge in [0, 0.05) is 26.2 Å². The Kier molecular flexibility index (Phi) is 6.59. The Bertz CT molecular complexity index is 1340. The molecule has 9 nitrogen and oxygen atoms in total. The van der Waals surface area contributed by atoms with Crippen LogP contribution in [0.15, 0.2) is 39.5 Å². The minimum atomic E-state index is -0.664. The summed E-state index contributed by atoms with van der Waals surface area (Å²) < 4.78 is 28.2. The molecule has 0 N–H and O–H groups in total. The maximum Gasteiger partial charge on any atom is 0.290 e. The Balaban J connectivity index is 1.67. The van der Waals surface area contributed by atoms with E-state index in [-0.39, 0.29) is 17.1 Å². The minimum Gasteiger partial charge on any atom is -0.493 e. The Morgan fingerprint density at radius 1 is 0.944 bits per heavy atom. The summed E-state index contributed by atoms with van der Waals surface area (Å²) in [5.74, 6) is 1.10. The molecule has 1 aromatic heterocycles. The predicted molar refractivity (Wildman–Crippen MR) is 133 cm³/mol. The van der Waals surface area contributed by atoms with Gasteiger partial charge in [0.25, 0.3) is 5.91 Å². The molecule has 0 radical (unpaired) electrons. The summed E-state index contributed by atoms with van der Waals surface area (Å²) >= 11 is 0.